The van der Waals surface area contributed by atoms with E-state index >= 15 is 0 Å². The molecule has 0 bridgehead atoms. The summed E-state index contributed by atoms with van der Waals surface area (Å²) in [5.74, 6) is 1.21. The summed E-state index contributed by atoms with van der Waals surface area (Å²) in [5.41, 5.74) is 2.43. The van der Waals surface area contributed by atoms with Crippen molar-refractivity contribution in [2.75, 3.05) is 11.9 Å². The molecule has 0 unspecified atom stereocenters. The highest BCUT2D eigenvalue weighted by molar-refractivity contribution is 5.48. The molecule has 3 nitrogen and oxygen atoms in total. The van der Waals surface area contributed by atoms with E-state index in [1.165, 1.54) is 11.4 Å². The maximum absolute atomic E-state index is 4.34. The maximum Gasteiger partial charge on any atom is 0.127 e. The largest absolute Gasteiger partial charge is 0.368 e. The Morgan fingerprint density at radius 2 is 2.30 bits per heavy atom. The molecule has 54 valence electrons. The van der Waals surface area contributed by atoms with Crippen LogP contribution in [0.2, 0.25) is 0 Å². The number of fused-ring (bicyclic) bond motifs is 1. The van der Waals surface area contributed by atoms with Gasteiger partial charge >= 0.3 is 0 Å². The summed E-state index contributed by atoms with van der Waals surface area (Å²) < 4.78 is 2.03. The van der Waals surface area contributed by atoms with Crippen LogP contribution >= 0.6 is 0 Å². The van der Waals surface area contributed by atoms with Crippen molar-refractivity contribution in [2.24, 2.45) is 0 Å². The van der Waals surface area contributed by atoms with Crippen molar-refractivity contribution in [1.29, 1.82) is 0 Å². The van der Waals surface area contributed by atoms with Crippen molar-refractivity contribution in [2.45, 2.75) is 20.4 Å². The molecule has 2 heterocycles. The average Bonchev–Trinajstić information content (AvgIpc) is 2.41. The van der Waals surface area contributed by atoms with Gasteiger partial charge in [0.2, 0.25) is 0 Å². The first kappa shape index (κ1) is 5.77. The van der Waals surface area contributed by atoms with E-state index < -0.39 is 0 Å². The van der Waals surface area contributed by atoms with Crippen LogP contribution in [-0.4, -0.2) is 16.3 Å². The standard InChI is InChI=1S/C7H11N3/c1-5-6(2)9-10-4-3-8-7(5)10/h8H,3-4H2,1-2H3. The Morgan fingerprint density at radius 1 is 1.50 bits per heavy atom. The number of rotatable bonds is 0. The van der Waals surface area contributed by atoms with E-state index in [0.29, 0.717) is 0 Å². The van der Waals surface area contributed by atoms with E-state index in [1.807, 2.05) is 11.6 Å². The van der Waals surface area contributed by atoms with Crippen LogP contribution < -0.4 is 5.32 Å². The lowest BCUT2D eigenvalue weighted by atomic mass is 10.3. The van der Waals surface area contributed by atoms with Crippen molar-refractivity contribution in [3.05, 3.63) is 11.3 Å². The molecule has 0 saturated carbocycles. The smallest absolute Gasteiger partial charge is 0.127 e. The molecule has 0 aliphatic carbocycles. The molecule has 0 spiro atoms. The quantitative estimate of drug-likeness (QED) is 0.576. The second-order valence-corrected chi connectivity index (χ2v) is 2.71. The number of nitrogens with zero attached hydrogens (tertiary/aromatic N) is 2. The first-order valence-electron chi connectivity index (χ1n) is 3.57. The highest BCUT2D eigenvalue weighted by Crippen LogP contribution is 2.20. The van der Waals surface area contributed by atoms with Gasteiger partial charge in [-0.05, 0) is 13.8 Å². The van der Waals surface area contributed by atoms with Crippen LogP contribution in [0.15, 0.2) is 0 Å². The van der Waals surface area contributed by atoms with Crippen molar-refractivity contribution < 1.29 is 0 Å². The first-order valence-corrected chi connectivity index (χ1v) is 3.57. The fourth-order valence-electron chi connectivity index (χ4n) is 1.34. The Balaban J connectivity index is 2.59. The zero-order chi connectivity index (χ0) is 7.14. The first-order chi connectivity index (χ1) is 4.79. The summed E-state index contributed by atoms with van der Waals surface area (Å²) in [6, 6.07) is 0. The number of aromatic nitrogens is 2. The van der Waals surface area contributed by atoms with Gasteiger partial charge in [-0.1, -0.05) is 0 Å². The summed E-state index contributed by atoms with van der Waals surface area (Å²) in [6.45, 7) is 6.20. The van der Waals surface area contributed by atoms with Gasteiger partial charge in [0.25, 0.3) is 0 Å². The molecule has 0 atom stereocenters. The Hall–Kier alpha value is -0.990. The third kappa shape index (κ3) is 0.574. The van der Waals surface area contributed by atoms with Gasteiger partial charge in [-0.15, -0.1) is 0 Å². The van der Waals surface area contributed by atoms with Gasteiger partial charge in [-0.3, -0.25) is 0 Å². The van der Waals surface area contributed by atoms with Crippen molar-refractivity contribution >= 4 is 5.82 Å². The molecule has 2 rings (SSSR count). The fraction of sp³-hybridized carbons (Fsp3) is 0.571. The van der Waals surface area contributed by atoms with Gasteiger partial charge in [-0.2, -0.15) is 5.10 Å². The number of hydrogen-bond donors (Lipinski definition) is 1. The number of hydrogen-bond acceptors (Lipinski definition) is 2. The minimum atomic E-state index is 1.02. The van der Waals surface area contributed by atoms with Gasteiger partial charge in [-0.25, -0.2) is 4.68 Å². The van der Waals surface area contributed by atoms with Crippen molar-refractivity contribution in [1.82, 2.24) is 9.78 Å². The second-order valence-electron chi connectivity index (χ2n) is 2.71. The molecular weight excluding hydrogens is 126 g/mol. The van der Waals surface area contributed by atoms with Gasteiger partial charge in [0.15, 0.2) is 0 Å². The van der Waals surface area contributed by atoms with Crippen LogP contribution in [0.5, 0.6) is 0 Å². The van der Waals surface area contributed by atoms with Crippen LogP contribution in [0.4, 0.5) is 5.82 Å². The molecule has 0 amide bonds. The highest BCUT2D eigenvalue weighted by Gasteiger charge is 2.14. The summed E-state index contributed by atoms with van der Waals surface area (Å²) in [4.78, 5) is 0. The molecule has 1 aromatic rings. The summed E-state index contributed by atoms with van der Waals surface area (Å²) in [5, 5.41) is 7.63. The Labute approximate surface area is 60.0 Å². The Kier molecular flexibility index (Phi) is 1.01. The molecule has 0 radical (unpaired) electrons. The topological polar surface area (TPSA) is 29.9 Å². The highest BCUT2D eigenvalue weighted by atomic mass is 15.4. The average molecular weight is 137 g/mol. The molecular formula is C7H11N3. The lowest BCUT2D eigenvalue weighted by Gasteiger charge is -1.92. The van der Waals surface area contributed by atoms with Crippen molar-refractivity contribution in [3.8, 4) is 0 Å². The SMILES string of the molecule is Cc1nn2c(c1C)NCC2. The molecule has 1 aromatic heterocycles. The lowest BCUT2D eigenvalue weighted by molar-refractivity contribution is 0.688. The van der Waals surface area contributed by atoms with Gasteiger partial charge in [0.1, 0.15) is 5.82 Å². The van der Waals surface area contributed by atoms with E-state index in [0.717, 1.165) is 18.8 Å². The third-order valence-electron chi connectivity index (χ3n) is 2.04. The summed E-state index contributed by atoms with van der Waals surface area (Å²) in [6.07, 6.45) is 0. The van der Waals surface area contributed by atoms with E-state index in [-0.39, 0.29) is 0 Å². The van der Waals surface area contributed by atoms with Crippen LogP contribution in [-0.2, 0) is 6.54 Å². The van der Waals surface area contributed by atoms with Crippen LogP contribution in [0.25, 0.3) is 0 Å². The monoisotopic (exact) mass is 137 g/mol. The van der Waals surface area contributed by atoms with Gasteiger partial charge in [0, 0.05) is 12.1 Å². The molecule has 1 N–H and O–H groups in total. The minimum absolute atomic E-state index is 1.02. The molecule has 0 saturated heterocycles. The maximum atomic E-state index is 4.34. The fourth-order valence-corrected chi connectivity index (χ4v) is 1.34. The normalized spacial score (nSPS) is 15.0. The molecule has 10 heavy (non-hydrogen) atoms. The second kappa shape index (κ2) is 1.75. The zero-order valence-corrected chi connectivity index (χ0v) is 6.31. The Bertz CT molecular complexity index is 262. The van der Waals surface area contributed by atoms with Gasteiger partial charge in [0.05, 0.1) is 12.2 Å². The van der Waals surface area contributed by atoms with E-state index in [1.54, 1.807) is 0 Å². The minimum Gasteiger partial charge on any atom is -0.368 e. The van der Waals surface area contributed by atoms with Crippen molar-refractivity contribution in [3.63, 3.8) is 0 Å². The van der Waals surface area contributed by atoms with E-state index in [9.17, 15) is 0 Å². The molecule has 0 fully saturated rings. The molecule has 1 aliphatic rings. The summed E-state index contributed by atoms with van der Waals surface area (Å²) >= 11 is 0. The summed E-state index contributed by atoms with van der Waals surface area (Å²) in [7, 11) is 0. The number of aryl methyl sites for hydroxylation is 1. The molecule has 1 aliphatic heterocycles. The van der Waals surface area contributed by atoms with Crippen LogP contribution in [0.3, 0.4) is 0 Å². The molecule has 0 aromatic carbocycles. The Morgan fingerprint density at radius 3 is 3.00 bits per heavy atom. The van der Waals surface area contributed by atoms with Gasteiger partial charge < -0.3 is 5.32 Å². The van der Waals surface area contributed by atoms with E-state index in [4.69, 9.17) is 0 Å². The van der Waals surface area contributed by atoms with E-state index in [2.05, 4.69) is 17.3 Å². The number of anilines is 1. The van der Waals surface area contributed by atoms with Crippen LogP contribution in [0, 0.1) is 13.8 Å². The molecule has 3 heteroatoms. The van der Waals surface area contributed by atoms with Crippen LogP contribution in [0.1, 0.15) is 11.3 Å². The predicted molar refractivity (Wildman–Crippen MR) is 40.2 cm³/mol. The lowest BCUT2D eigenvalue weighted by Crippen LogP contribution is -1.97. The zero-order valence-electron chi connectivity index (χ0n) is 6.31. The third-order valence-corrected chi connectivity index (χ3v) is 2.04. The number of nitrogens with one attached hydrogen (secondary N) is 1. The predicted octanol–water partition coefficient (Wildman–Crippen LogP) is 0.925.